The lowest BCUT2D eigenvalue weighted by Crippen LogP contribution is -2.52. The maximum atomic E-state index is 12.0. The van der Waals surface area contributed by atoms with Gasteiger partial charge in [-0.3, -0.25) is 4.79 Å². The molecular formula is C19H40O5Si3. The van der Waals surface area contributed by atoms with Crippen LogP contribution in [0.5, 0.6) is 0 Å². The second-order valence-corrected chi connectivity index (χ2v) is 22.2. The van der Waals surface area contributed by atoms with Crippen molar-refractivity contribution < 1.29 is 22.6 Å². The fourth-order valence-electron chi connectivity index (χ4n) is 2.87. The molecule has 0 fully saturated rings. The Bertz CT molecular complexity index is 490. The summed E-state index contributed by atoms with van der Waals surface area (Å²) in [6.07, 6.45) is 3.40. The van der Waals surface area contributed by atoms with Crippen LogP contribution in [0.1, 0.15) is 39.0 Å². The summed E-state index contributed by atoms with van der Waals surface area (Å²) in [6.45, 7) is 20.8. The van der Waals surface area contributed by atoms with Gasteiger partial charge in [0.25, 0.3) is 0 Å². The Hall–Kier alpha value is -0.549. The molecule has 0 aliphatic carbocycles. The third-order valence-electron chi connectivity index (χ3n) is 3.56. The van der Waals surface area contributed by atoms with Gasteiger partial charge in [-0.1, -0.05) is 13.0 Å². The highest BCUT2D eigenvalue weighted by Crippen LogP contribution is 2.26. The van der Waals surface area contributed by atoms with Crippen molar-refractivity contribution in [3.05, 3.63) is 12.2 Å². The molecule has 158 valence electrons. The second-order valence-electron chi connectivity index (χ2n) is 9.33. The number of unbranched alkanes of at least 4 members (excludes halogenated alkanes) is 1. The highest BCUT2D eigenvalue weighted by atomic mass is 28.5. The van der Waals surface area contributed by atoms with Crippen LogP contribution in [0.15, 0.2) is 12.2 Å². The van der Waals surface area contributed by atoms with E-state index in [-0.39, 0.29) is 12.4 Å². The first kappa shape index (κ1) is 26.5. The molecular weight excluding hydrogens is 392 g/mol. The minimum Gasteiger partial charge on any atom is -0.462 e. The number of rotatable bonds is 14. The average molecular weight is 433 g/mol. The Balaban J connectivity index is 4.23. The molecule has 0 aromatic heterocycles. The zero-order valence-electron chi connectivity index (χ0n) is 18.7. The van der Waals surface area contributed by atoms with Crippen molar-refractivity contribution in [2.24, 2.45) is 0 Å². The molecule has 0 amide bonds. The van der Waals surface area contributed by atoms with E-state index in [0.29, 0.717) is 24.8 Å². The van der Waals surface area contributed by atoms with E-state index in [9.17, 15) is 9.59 Å². The van der Waals surface area contributed by atoms with Gasteiger partial charge in [0.05, 0.1) is 6.61 Å². The van der Waals surface area contributed by atoms with E-state index >= 15 is 0 Å². The molecule has 27 heavy (non-hydrogen) atoms. The van der Waals surface area contributed by atoms with Crippen LogP contribution in [0.3, 0.4) is 0 Å². The lowest BCUT2D eigenvalue weighted by Gasteiger charge is -2.38. The Morgan fingerprint density at radius 3 is 1.74 bits per heavy atom. The van der Waals surface area contributed by atoms with Crippen molar-refractivity contribution in [3.8, 4) is 0 Å². The molecule has 0 N–H and O–H groups in total. The Kier molecular flexibility index (Phi) is 11.2. The summed E-state index contributed by atoms with van der Waals surface area (Å²) in [5, 5.41) is 0. The molecule has 0 aliphatic heterocycles. The van der Waals surface area contributed by atoms with E-state index in [1.54, 1.807) is 6.92 Å². The zero-order chi connectivity index (χ0) is 21.3. The fourth-order valence-corrected chi connectivity index (χ4v) is 15.5. The molecule has 8 heteroatoms. The van der Waals surface area contributed by atoms with Crippen LogP contribution in [0.25, 0.3) is 0 Å². The fraction of sp³-hybridized carbons (Fsp3) is 0.789. The molecule has 0 atom stereocenters. The quantitative estimate of drug-likeness (QED) is 0.159. The summed E-state index contributed by atoms with van der Waals surface area (Å²) in [5.41, 5.74) is 0.384. The van der Waals surface area contributed by atoms with Gasteiger partial charge in [0, 0.05) is 18.4 Å². The Morgan fingerprint density at radius 2 is 1.30 bits per heavy atom. The molecule has 0 saturated carbocycles. The van der Waals surface area contributed by atoms with Crippen LogP contribution >= 0.6 is 0 Å². The number of hydrogen-bond acceptors (Lipinski definition) is 5. The third-order valence-corrected chi connectivity index (χ3v) is 13.2. The van der Waals surface area contributed by atoms with Crippen LogP contribution in [-0.4, -0.2) is 43.6 Å². The first-order chi connectivity index (χ1) is 12.1. The number of hydrogen-bond donors (Lipinski definition) is 0. The Morgan fingerprint density at radius 1 is 0.815 bits per heavy atom. The van der Waals surface area contributed by atoms with Crippen LogP contribution in [0.2, 0.25) is 51.9 Å². The van der Waals surface area contributed by atoms with Gasteiger partial charge in [0.1, 0.15) is 5.78 Å². The van der Waals surface area contributed by atoms with Crippen molar-refractivity contribution in [1.29, 1.82) is 0 Å². The molecule has 0 radical (unpaired) electrons. The molecule has 0 heterocycles. The van der Waals surface area contributed by atoms with E-state index in [1.807, 2.05) is 0 Å². The van der Waals surface area contributed by atoms with Crippen molar-refractivity contribution in [1.82, 2.24) is 0 Å². The third kappa shape index (κ3) is 15.1. The van der Waals surface area contributed by atoms with Crippen molar-refractivity contribution in [2.45, 2.75) is 90.9 Å². The van der Waals surface area contributed by atoms with Gasteiger partial charge in [0.15, 0.2) is 16.6 Å². The maximum Gasteiger partial charge on any atom is 0.333 e. The number of carbonyl (C=O) groups is 2. The topological polar surface area (TPSA) is 61.8 Å². The van der Waals surface area contributed by atoms with E-state index in [1.165, 1.54) is 0 Å². The van der Waals surface area contributed by atoms with Crippen LogP contribution in [-0.2, 0) is 22.6 Å². The predicted octanol–water partition coefficient (Wildman–Crippen LogP) is 5.40. The summed E-state index contributed by atoms with van der Waals surface area (Å²) in [4.78, 5) is 23.3. The number of Topliss-reactive ketones (excluding diaryl/α,β-unsaturated/α-hetero) is 1. The van der Waals surface area contributed by atoms with Gasteiger partial charge >= 0.3 is 14.5 Å². The normalized spacial score (nSPS) is 12.7. The lowest BCUT2D eigenvalue weighted by molar-refractivity contribution is -0.139. The molecule has 0 spiro atoms. The van der Waals surface area contributed by atoms with Gasteiger partial charge in [-0.15, -0.1) is 0 Å². The average Bonchev–Trinajstić information content (AvgIpc) is 2.43. The standard InChI is InChI=1S/C19H40O5Si3/c1-17(2)19(21)22-15-12-14-18(20)13-10-11-16-27(9,23-25(3,4)5)24-26(6,7)8/h1,10-16H2,2-9H3. The SMILES string of the molecule is C=C(C)C(=O)OCCCC(=O)CCCC[Si](C)(O[Si](C)(C)C)O[Si](C)(C)C. The zero-order valence-corrected chi connectivity index (χ0v) is 21.7. The smallest absolute Gasteiger partial charge is 0.333 e. The van der Waals surface area contributed by atoms with E-state index in [2.05, 4.69) is 52.4 Å². The first-order valence-corrected chi connectivity index (χ1v) is 19.2. The first-order valence-electron chi connectivity index (χ1n) is 9.88. The highest BCUT2D eigenvalue weighted by Gasteiger charge is 2.39. The molecule has 0 rings (SSSR count). The molecule has 0 aromatic rings. The highest BCUT2D eigenvalue weighted by molar-refractivity contribution is 6.87. The molecule has 0 aliphatic rings. The maximum absolute atomic E-state index is 12.0. The molecule has 0 bridgehead atoms. The van der Waals surface area contributed by atoms with E-state index in [4.69, 9.17) is 13.0 Å². The van der Waals surface area contributed by atoms with Crippen molar-refractivity contribution in [2.75, 3.05) is 6.61 Å². The summed E-state index contributed by atoms with van der Waals surface area (Å²) < 4.78 is 18.0. The van der Waals surface area contributed by atoms with Gasteiger partial charge in [-0.2, -0.15) is 0 Å². The number of ketones is 1. The van der Waals surface area contributed by atoms with E-state index in [0.717, 1.165) is 18.9 Å². The minimum atomic E-state index is -2.20. The van der Waals surface area contributed by atoms with Crippen LogP contribution in [0.4, 0.5) is 0 Å². The molecule has 0 unspecified atom stereocenters. The van der Waals surface area contributed by atoms with Gasteiger partial charge in [-0.05, 0) is 71.6 Å². The largest absolute Gasteiger partial charge is 0.462 e. The van der Waals surface area contributed by atoms with Crippen molar-refractivity contribution in [3.63, 3.8) is 0 Å². The van der Waals surface area contributed by atoms with Gasteiger partial charge < -0.3 is 13.0 Å². The van der Waals surface area contributed by atoms with E-state index < -0.39 is 31.2 Å². The number of esters is 1. The monoisotopic (exact) mass is 432 g/mol. The van der Waals surface area contributed by atoms with Gasteiger partial charge in [0.2, 0.25) is 0 Å². The summed E-state index contributed by atoms with van der Waals surface area (Å²) in [6, 6.07) is 0.936. The second kappa shape index (κ2) is 11.5. The number of carbonyl (C=O) groups excluding carboxylic acids is 2. The van der Waals surface area contributed by atoms with Crippen LogP contribution < -0.4 is 0 Å². The lowest BCUT2D eigenvalue weighted by atomic mass is 10.1. The summed E-state index contributed by atoms with van der Waals surface area (Å²) >= 11 is 0. The molecule has 0 aromatic carbocycles. The predicted molar refractivity (Wildman–Crippen MR) is 119 cm³/mol. The summed E-state index contributed by atoms with van der Waals surface area (Å²) in [7, 11) is -5.54. The van der Waals surface area contributed by atoms with Crippen LogP contribution in [0, 0.1) is 0 Å². The van der Waals surface area contributed by atoms with Gasteiger partial charge in [-0.25, -0.2) is 4.79 Å². The van der Waals surface area contributed by atoms with Crippen molar-refractivity contribution >= 4 is 36.9 Å². The number of ether oxygens (including phenoxy) is 1. The molecule has 5 nitrogen and oxygen atoms in total. The minimum absolute atomic E-state index is 0.224. The molecule has 0 saturated heterocycles. The Labute approximate surface area is 169 Å². The summed E-state index contributed by atoms with van der Waals surface area (Å²) in [5.74, 6) is -0.168.